The maximum Gasteiger partial charge on any atom is 0.313 e. The summed E-state index contributed by atoms with van der Waals surface area (Å²) >= 11 is 0. The summed E-state index contributed by atoms with van der Waals surface area (Å²) in [4.78, 5) is 23.4. The van der Waals surface area contributed by atoms with Gasteiger partial charge in [0.1, 0.15) is 11.5 Å². The first-order chi connectivity index (χ1) is 29.5. The molecule has 8 heteroatoms. The van der Waals surface area contributed by atoms with Crippen molar-refractivity contribution in [2.24, 2.45) is 33.5 Å². The summed E-state index contributed by atoms with van der Waals surface area (Å²) in [5.74, 6) is 2.82. The molecule has 0 unspecified atom stereocenters. The van der Waals surface area contributed by atoms with Crippen LogP contribution in [0.1, 0.15) is 137 Å². The highest BCUT2D eigenvalue weighted by Crippen LogP contribution is 2.47. The quantitative estimate of drug-likeness (QED) is 0.102. The Hall–Kier alpha value is -4.14. The van der Waals surface area contributed by atoms with Crippen molar-refractivity contribution in [2.75, 3.05) is 19.7 Å². The Labute approximate surface area is 371 Å². The van der Waals surface area contributed by atoms with E-state index < -0.39 is 11.4 Å². The average Bonchev–Trinajstić information content (AvgIpc) is 4.18. The summed E-state index contributed by atoms with van der Waals surface area (Å²) < 4.78 is 17.9. The number of rotatable bonds is 15. The molecule has 4 aliphatic carbocycles. The molecule has 4 aromatic rings. The zero-order chi connectivity index (χ0) is 44.1. The van der Waals surface area contributed by atoms with Crippen LogP contribution in [0.3, 0.4) is 0 Å². The topological polar surface area (TPSA) is 106 Å². The van der Waals surface area contributed by atoms with Gasteiger partial charge in [0.15, 0.2) is 0 Å². The second kappa shape index (κ2) is 19.3. The second-order valence-corrected chi connectivity index (χ2v) is 21.4. The molecule has 0 radical (unpaired) electrons. The summed E-state index contributed by atoms with van der Waals surface area (Å²) in [6, 6.07) is 25.8. The summed E-state index contributed by atoms with van der Waals surface area (Å²) in [7, 11) is 0. The molecule has 3 N–H and O–H groups in total. The molecular weight excluding hydrogens is 773 g/mol. The van der Waals surface area contributed by atoms with Gasteiger partial charge in [0.2, 0.25) is 0 Å². The van der Waals surface area contributed by atoms with Crippen molar-refractivity contribution >= 4 is 33.5 Å². The third-order valence-corrected chi connectivity index (χ3v) is 14.6. The first-order valence-corrected chi connectivity index (χ1v) is 23.7. The maximum absolute atomic E-state index is 12.1. The van der Waals surface area contributed by atoms with Gasteiger partial charge in [-0.2, -0.15) is 0 Å². The minimum absolute atomic E-state index is 0.0505. The van der Waals surface area contributed by atoms with Gasteiger partial charge in [0, 0.05) is 26.2 Å². The lowest BCUT2D eigenvalue weighted by atomic mass is 9.72. The molecule has 0 amide bonds. The lowest BCUT2D eigenvalue weighted by Gasteiger charge is -2.37. The number of carbonyl (C=O) groups excluding carboxylic acids is 1. The van der Waals surface area contributed by atoms with Gasteiger partial charge in [-0.25, -0.2) is 0 Å². The molecule has 0 aliphatic heterocycles. The van der Waals surface area contributed by atoms with Gasteiger partial charge in [-0.1, -0.05) is 77.9 Å². The fraction of sp³-hybridized carbons (Fsp3) is 0.593. The van der Waals surface area contributed by atoms with Crippen molar-refractivity contribution in [1.29, 1.82) is 0 Å². The Balaban J connectivity index is 0.000000187. The van der Waals surface area contributed by atoms with E-state index in [9.17, 15) is 14.7 Å². The van der Waals surface area contributed by atoms with Gasteiger partial charge in [-0.15, -0.1) is 0 Å². The molecule has 4 aromatic carbocycles. The number of carbonyl (C=O) groups is 2. The number of aliphatic carboxylic acids is 1. The van der Waals surface area contributed by atoms with Gasteiger partial charge in [0.05, 0.1) is 29.6 Å². The Bertz CT molecular complexity index is 2140. The molecule has 0 spiro atoms. The highest BCUT2D eigenvalue weighted by molar-refractivity contribution is 5.85. The van der Waals surface area contributed by atoms with Gasteiger partial charge in [-0.05, 0) is 176 Å². The van der Waals surface area contributed by atoms with Crippen molar-refractivity contribution in [3.8, 4) is 11.5 Å². The molecule has 0 bridgehead atoms. The molecule has 8 nitrogen and oxygen atoms in total. The molecule has 4 aliphatic rings. The fourth-order valence-electron chi connectivity index (χ4n) is 9.79. The standard InChI is InChI=1S/C28H39NO3.C26H35NO3/c1-5-31-26(30)28(14-15-28)19-29-18-20-6-7-22-17-25(11-8-21(22)16-20)32-24-12-9-23(10-13-24)27(2,3)4;1-25(2,3)21-7-10-22(11-8-21)30-23-9-6-19-14-18(4-5-20(19)15-23)16-27-17-26(12-13-26)24(28)29/h6-8,11,16-17,23-24,29H,5,9-10,12-15,18-19H2,1-4H3;4-6,9,14-15,21-22,27H,7-8,10-13,16-17H2,1-3H3,(H,28,29). The van der Waals surface area contributed by atoms with Crippen molar-refractivity contribution in [3.63, 3.8) is 0 Å². The Morgan fingerprint density at radius 1 is 0.581 bits per heavy atom. The van der Waals surface area contributed by atoms with Crippen molar-refractivity contribution in [2.45, 2.75) is 151 Å². The molecule has 0 aromatic heterocycles. The molecule has 8 rings (SSSR count). The molecule has 336 valence electrons. The van der Waals surface area contributed by atoms with Crippen LogP contribution < -0.4 is 20.1 Å². The van der Waals surface area contributed by atoms with E-state index in [1.54, 1.807) is 0 Å². The number of nitrogens with one attached hydrogen (secondary N) is 2. The summed E-state index contributed by atoms with van der Waals surface area (Å²) in [6.07, 6.45) is 13.7. The normalized spacial score (nSPS) is 22.9. The fourth-order valence-corrected chi connectivity index (χ4v) is 9.79. The van der Waals surface area contributed by atoms with Crippen LogP contribution in [0.25, 0.3) is 21.5 Å². The minimum Gasteiger partial charge on any atom is -0.490 e. The van der Waals surface area contributed by atoms with Crippen LogP contribution in [0.5, 0.6) is 11.5 Å². The molecule has 4 saturated carbocycles. The van der Waals surface area contributed by atoms with Crippen molar-refractivity contribution in [1.82, 2.24) is 10.6 Å². The lowest BCUT2D eigenvalue weighted by Crippen LogP contribution is -2.31. The van der Waals surface area contributed by atoms with E-state index in [4.69, 9.17) is 14.2 Å². The van der Waals surface area contributed by atoms with E-state index in [0.29, 0.717) is 49.3 Å². The van der Waals surface area contributed by atoms with Crippen LogP contribution >= 0.6 is 0 Å². The van der Waals surface area contributed by atoms with Crippen LogP contribution in [-0.2, 0) is 27.4 Å². The largest absolute Gasteiger partial charge is 0.490 e. The van der Waals surface area contributed by atoms with E-state index in [0.717, 1.165) is 81.2 Å². The third kappa shape index (κ3) is 11.9. The van der Waals surface area contributed by atoms with Crippen LogP contribution in [-0.4, -0.2) is 48.9 Å². The smallest absolute Gasteiger partial charge is 0.313 e. The number of carboxylic acid groups (broad SMARTS) is 1. The number of carboxylic acids is 1. The SMILES string of the molecule is CC(C)(C)C1CCC(Oc2ccc3cc(CNCC4(C(=O)O)CC4)ccc3c2)CC1.CCOC(=O)C1(CNCc2ccc3cc(OC4CCC(C(C)(C)C)CC4)ccc3c2)CC1. The van der Waals surface area contributed by atoms with Crippen LogP contribution in [0.15, 0.2) is 72.8 Å². The Morgan fingerprint density at radius 3 is 1.34 bits per heavy atom. The predicted octanol–water partition coefficient (Wildman–Crippen LogP) is 12.0. The summed E-state index contributed by atoms with van der Waals surface area (Å²) in [6.45, 7) is 19.1. The number of benzene rings is 4. The van der Waals surface area contributed by atoms with E-state index >= 15 is 0 Å². The van der Waals surface area contributed by atoms with Crippen LogP contribution in [0.4, 0.5) is 0 Å². The van der Waals surface area contributed by atoms with Gasteiger partial charge < -0.3 is 30.0 Å². The number of ether oxygens (including phenoxy) is 3. The Kier molecular flexibility index (Phi) is 14.3. The second-order valence-electron chi connectivity index (χ2n) is 21.4. The van der Waals surface area contributed by atoms with Gasteiger partial charge in [-0.3, -0.25) is 9.59 Å². The van der Waals surface area contributed by atoms with Crippen LogP contribution in [0, 0.1) is 33.5 Å². The molecule has 0 saturated heterocycles. The molecule has 0 heterocycles. The number of esters is 1. The number of hydrogen-bond acceptors (Lipinski definition) is 7. The van der Waals surface area contributed by atoms with Crippen LogP contribution in [0.2, 0.25) is 0 Å². The number of fused-ring (bicyclic) bond motifs is 2. The zero-order valence-electron chi connectivity index (χ0n) is 38.7. The summed E-state index contributed by atoms with van der Waals surface area (Å²) in [5, 5.41) is 20.9. The van der Waals surface area contributed by atoms with E-state index in [1.165, 1.54) is 58.4 Å². The van der Waals surface area contributed by atoms with E-state index in [-0.39, 0.29) is 11.4 Å². The lowest BCUT2D eigenvalue weighted by molar-refractivity contribution is -0.149. The Morgan fingerprint density at radius 2 is 0.968 bits per heavy atom. The maximum atomic E-state index is 12.1. The average molecular weight is 847 g/mol. The van der Waals surface area contributed by atoms with Crippen molar-refractivity contribution in [3.05, 3.63) is 83.9 Å². The number of hydrogen-bond donors (Lipinski definition) is 3. The highest BCUT2D eigenvalue weighted by Gasteiger charge is 2.51. The molecule has 0 atom stereocenters. The third-order valence-electron chi connectivity index (χ3n) is 14.6. The van der Waals surface area contributed by atoms with Gasteiger partial charge >= 0.3 is 11.9 Å². The van der Waals surface area contributed by atoms with E-state index in [1.807, 2.05) is 6.92 Å². The zero-order valence-corrected chi connectivity index (χ0v) is 38.7. The summed E-state index contributed by atoms with van der Waals surface area (Å²) in [5.41, 5.74) is 2.40. The first kappa shape index (κ1) is 45.9. The monoisotopic (exact) mass is 847 g/mol. The first-order valence-electron chi connectivity index (χ1n) is 23.7. The van der Waals surface area contributed by atoms with Gasteiger partial charge in [0.25, 0.3) is 0 Å². The predicted molar refractivity (Wildman–Crippen MR) is 251 cm³/mol. The molecule has 62 heavy (non-hydrogen) atoms. The van der Waals surface area contributed by atoms with Crippen molar-refractivity contribution < 1.29 is 28.9 Å². The highest BCUT2D eigenvalue weighted by atomic mass is 16.5. The van der Waals surface area contributed by atoms with E-state index in [2.05, 4.69) is 125 Å². The molecular formula is C54H74N2O6. The molecule has 4 fully saturated rings. The minimum atomic E-state index is -0.673.